The summed E-state index contributed by atoms with van der Waals surface area (Å²) in [5.41, 5.74) is -0.274. The SMILES string of the molecule is COC(OC)c1cc2cc(O)c(O)cc2oc1=O. The Balaban J connectivity index is 2.68. The van der Waals surface area contributed by atoms with Crippen molar-refractivity contribution in [3.63, 3.8) is 0 Å². The second-order valence-corrected chi connectivity index (χ2v) is 3.67. The Morgan fingerprint density at radius 3 is 2.33 bits per heavy atom. The van der Waals surface area contributed by atoms with E-state index in [1.807, 2.05) is 0 Å². The van der Waals surface area contributed by atoms with E-state index < -0.39 is 11.9 Å². The van der Waals surface area contributed by atoms with Crippen molar-refractivity contribution in [3.05, 3.63) is 34.2 Å². The highest BCUT2D eigenvalue weighted by molar-refractivity contribution is 5.81. The molecule has 0 amide bonds. The van der Waals surface area contributed by atoms with Gasteiger partial charge >= 0.3 is 5.63 Å². The van der Waals surface area contributed by atoms with E-state index in [2.05, 4.69) is 0 Å². The number of ether oxygens (including phenoxy) is 2. The van der Waals surface area contributed by atoms with Gasteiger partial charge in [0.25, 0.3) is 0 Å². The zero-order chi connectivity index (χ0) is 13.3. The van der Waals surface area contributed by atoms with E-state index in [4.69, 9.17) is 13.9 Å². The molecule has 0 fully saturated rings. The molecule has 2 N–H and O–H groups in total. The van der Waals surface area contributed by atoms with Crippen LogP contribution in [-0.4, -0.2) is 24.4 Å². The van der Waals surface area contributed by atoms with E-state index in [0.29, 0.717) is 5.39 Å². The Morgan fingerprint density at radius 2 is 1.72 bits per heavy atom. The van der Waals surface area contributed by atoms with Gasteiger partial charge < -0.3 is 24.1 Å². The van der Waals surface area contributed by atoms with Gasteiger partial charge in [0.05, 0.1) is 5.56 Å². The Bertz CT molecular complexity index is 626. The number of hydrogen-bond acceptors (Lipinski definition) is 6. The maximum absolute atomic E-state index is 11.7. The van der Waals surface area contributed by atoms with Gasteiger partial charge in [-0.1, -0.05) is 0 Å². The zero-order valence-electron chi connectivity index (χ0n) is 9.84. The van der Waals surface area contributed by atoms with Crippen molar-refractivity contribution in [2.24, 2.45) is 0 Å². The van der Waals surface area contributed by atoms with Gasteiger partial charge in [-0.15, -0.1) is 0 Å². The molecule has 0 saturated heterocycles. The molecule has 6 nitrogen and oxygen atoms in total. The van der Waals surface area contributed by atoms with Crippen molar-refractivity contribution in [3.8, 4) is 11.5 Å². The summed E-state index contributed by atoms with van der Waals surface area (Å²) in [7, 11) is 2.79. The number of benzene rings is 1. The van der Waals surface area contributed by atoms with Gasteiger partial charge in [0.1, 0.15) is 5.58 Å². The summed E-state index contributed by atoms with van der Waals surface area (Å²) in [6.45, 7) is 0. The van der Waals surface area contributed by atoms with Crippen LogP contribution in [0, 0.1) is 0 Å². The molecule has 0 saturated carbocycles. The number of fused-ring (bicyclic) bond motifs is 1. The highest BCUT2D eigenvalue weighted by atomic mass is 16.7. The minimum Gasteiger partial charge on any atom is -0.504 e. The van der Waals surface area contributed by atoms with Crippen LogP contribution in [0.3, 0.4) is 0 Å². The zero-order valence-corrected chi connectivity index (χ0v) is 9.84. The first-order valence-corrected chi connectivity index (χ1v) is 5.12. The maximum atomic E-state index is 11.7. The number of hydrogen-bond donors (Lipinski definition) is 2. The molecule has 1 aromatic heterocycles. The van der Waals surface area contributed by atoms with Crippen molar-refractivity contribution < 1.29 is 24.1 Å². The lowest BCUT2D eigenvalue weighted by atomic mass is 10.1. The van der Waals surface area contributed by atoms with Gasteiger partial charge in [0, 0.05) is 25.7 Å². The standard InChI is InChI=1S/C12H12O6/c1-16-12(17-2)7-3-6-4-8(13)9(14)5-10(6)18-11(7)15/h3-5,12-14H,1-2H3. The summed E-state index contributed by atoms with van der Waals surface area (Å²) in [4.78, 5) is 11.7. The molecule has 0 spiro atoms. The van der Waals surface area contributed by atoms with Crippen LogP contribution in [0.4, 0.5) is 0 Å². The molecule has 0 bridgehead atoms. The van der Waals surface area contributed by atoms with Crippen LogP contribution in [0.5, 0.6) is 11.5 Å². The van der Waals surface area contributed by atoms with Crippen molar-refractivity contribution in [1.29, 1.82) is 0 Å². The highest BCUT2D eigenvalue weighted by Crippen LogP contribution is 2.30. The van der Waals surface area contributed by atoms with Crippen molar-refractivity contribution >= 4 is 11.0 Å². The lowest BCUT2D eigenvalue weighted by Gasteiger charge is -2.12. The molecule has 0 radical (unpaired) electrons. The van der Waals surface area contributed by atoms with Crippen LogP contribution in [0.2, 0.25) is 0 Å². The van der Waals surface area contributed by atoms with E-state index in [1.54, 1.807) is 0 Å². The Kier molecular flexibility index (Phi) is 3.22. The first-order valence-electron chi connectivity index (χ1n) is 5.12. The van der Waals surface area contributed by atoms with E-state index in [1.165, 1.54) is 32.4 Å². The summed E-state index contributed by atoms with van der Waals surface area (Å²) in [5, 5.41) is 19.2. The predicted octanol–water partition coefficient (Wildman–Crippen LogP) is 1.50. The van der Waals surface area contributed by atoms with E-state index >= 15 is 0 Å². The maximum Gasteiger partial charge on any atom is 0.344 e. The van der Waals surface area contributed by atoms with Gasteiger partial charge in [-0.25, -0.2) is 4.79 Å². The lowest BCUT2D eigenvalue weighted by Crippen LogP contribution is -2.15. The number of rotatable bonds is 3. The summed E-state index contributed by atoms with van der Waals surface area (Å²) < 4.78 is 15.0. The van der Waals surface area contributed by atoms with Gasteiger partial charge in [-0.2, -0.15) is 0 Å². The molecular formula is C12H12O6. The fraction of sp³-hybridized carbons (Fsp3) is 0.250. The van der Waals surface area contributed by atoms with Crippen LogP contribution in [0.15, 0.2) is 27.4 Å². The minimum atomic E-state index is -0.846. The predicted molar refractivity (Wildman–Crippen MR) is 62.6 cm³/mol. The highest BCUT2D eigenvalue weighted by Gasteiger charge is 2.17. The van der Waals surface area contributed by atoms with Gasteiger partial charge in [-0.3, -0.25) is 0 Å². The average Bonchev–Trinajstić information content (AvgIpc) is 2.34. The molecule has 0 aliphatic rings. The molecule has 0 aliphatic heterocycles. The third kappa shape index (κ3) is 2.03. The molecule has 96 valence electrons. The first-order chi connectivity index (χ1) is 8.56. The summed E-state index contributed by atoms with van der Waals surface area (Å²) in [5.74, 6) is -0.651. The second kappa shape index (κ2) is 4.67. The normalized spacial score (nSPS) is 11.3. The molecule has 18 heavy (non-hydrogen) atoms. The molecular weight excluding hydrogens is 240 g/mol. The molecule has 2 rings (SSSR count). The van der Waals surface area contributed by atoms with Crippen LogP contribution in [0.1, 0.15) is 11.9 Å². The van der Waals surface area contributed by atoms with Crippen molar-refractivity contribution in [2.75, 3.05) is 14.2 Å². The number of methoxy groups -OCH3 is 2. The molecule has 0 atom stereocenters. The average molecular weight is 252 g/mol. The fourth-order valence-electron chi connectivity index (χ4n) is 1.67. The quantitative estimate of drug-likeness (QED) is 0.489. The summed E-state index contributed by atoms with van der Waals surface area (Å²) >= 11 is 0. The third-order valence-corrected chi connectivity index (χ3v) is 2.54. The van der Waals surface area contributed by atoms with Gasteiger partial charge in [-0.05, 0) is 12.1 Å². The molecule has 1 heterocycles. The smallest absolute Gasteiger partial charge is 0.344 e. The number of phenolic OH excluding ortho intramolecular Hbond substituents is 2. The Labute approximate surface area is 102 Å². The minimum absolute atomic E-state index is 0.171. The van der Waals surface area contributed by atoms with Crippen molar-refractivity contribution in [2.45, 2.75) is 6.29 Å². The van der Waals surface area contributed by atoms with Crippen LogP contribution in [0.25, 0.3) is 11.0 Å². The lowest BCUT2D eigenvalue weighted by molar-refractivity contribution is -0.107. The van der Waals surface area contributed by atoms with E-state index in [9.17, 15) is 15.0 Å². The summed E-state index contributed by atoms with van der Waals surface area (Å²) in [6.07, 6.45) is -0.846. The van der Waals surface area contributed by atoms with E-state index in [-0.39, 0.29) is 22.6 Å². The number of phenols is 2. The summed E-state index contributed by atoms with van der Waals surface area (Å²) in [6, 6.07) is 3.95. The topological polar surface area (TPSA) is 89.1 Å². The third-order valence-electron chi connectivity index (χ3n) is 2.54. The molecule has 1 aromatic carbocycles. The van der Waals surface area contributed by atoms with Gasteiger partial charge in [0.2, 0.25) is 0 Å². The molecule has 0 aliphatic carbocycles. The van der Waals surface area contributed by atoms with Crippen LogP contribution < -0.4 is 5.63 Å². The molecule has 2 aromatic rings. The monoisotopic (exact) mass is 252 g/mol. The molecule has 6 heteroatoms. The van der Waals surface area contributed by atoms with Crippen molar-refractivity contribution in [1.82, 2.24) is 0 Å². The van der Waals surface area contributed by atoms with E-state index in [0.717, 1.165) is 0 Å². The molecule has 0 unspecified atom stereocenters. The van der Waals surface area contributed by atoms with Crippen LogP contribution >= 0.6 is 0 Å². The first kappa shape index (κ1) is 12.4. The Morgan fingerprint density at radius 1 is 1.11 bits per heavy atom. The number of aromatic hydroxyl groups is 2. The Hall–Kier alpha value is -2.05. The fourth-order valence-corrected chi connectivity index (χ4v) is 1.67. The van der Waals surface area contributed by atoms with Crippen LogP contribution in [-0.2, 0) is 9.47 Å². The van der Waals surface area contributed by atoms with Gasteiger partial charge in [0.15, 0.2) is 17.8 Å². The second-order valence-electron chi connectivity index (χ2n) is 3.67. The largest absolute Gasteiger partial charge is 0.504 e.